The maximum atomic E-state index is 2.38. The van der Waals surface area contributed by atoms with Gasteiger partial charge in [-0.25, -0.2) is 0 Å². The molecule has 0 saturated carbocycles. The highest BCUT2D eigenvalue weighted by atomic mass is 14.1. The molecule has 0 N–H and O–H groups in total. The second kappa shape index (κ2) is 6.51. The van der Waals surface area contributed by atoms with Gasteiger partial charge in [0.05, 0.1) is 0 Å². The molecule has 0 aliphatic carbocycles. The Morgan fingerprint density at radius 2 is 1.50 bits per heavy atom. The molecule has 0 aromatic rings. The van der Waals surface area contributed by atoms with Crippen LogP contribution in [0.2, 0.25) is 0 Å². The van der Waals surface area contributed by atoms with Crippen LogP contribution in [0, 0.1) is 17.8 Å². The summed E-state index contributed by atoms with van der Waals surface area (Å²) in [5, 5.41) is 0. The van der Waals surface area contributed by atoms with Crippen LogP contribution in [0.25, 0.3) is 0 Å². The van der Waals surface area contributed by atoms with Gasteiger partial charge >= 0.3 is 0 Å². The van der Waals surface area contributed by atoms with Crippen molar-refractivity contribution in [3.05, 3.63) is 0 Å². The van der Waals surface area contributed by atoms with Crippen LogP contribution in [0.4, 0.5) is 0 Å². The first-order valence-electron chi connectivity index (χ1n) is 5.57. The van der Waals surface area contributed by atoms with E-state index in [1.54, 1.807) is 0 Å². The molecule has 0 heteroatoms. The van der Waals surface area contributed by atoms with Gasteiger partial charge in [0.15, 0.2) is 0 Å². The maximum Gasteiger partial charge on any atom is -0.0420 e. The predicted molar refractivity (Wildman–Crippen MR) is 57.3 cm³/mol. The van der Waals surface area contributed by atoms with Gasteiger partial charge in [0.25, 0.3) is 0 Å². The lowest BCUT2D eigenvalue weighted by atomic mass is 9.90. The summed E-state index contributed by atoms with van der Waals surface area (Å²) in [6.45, 7) is 11.7. The summed E-state index contributed by atoms with van der Waals surface area (Å²) >= 11 is 0. The Morgan fingerprint density at radius 1 is 0.917 bits per heavy atom. The minimum absolute atomic E-state index is 0.863. The Labute approximate surface area is 78.8 Å². The lowest BCUT2D eigenvalue weighted by Crippen LogP contribution is -2.04. The summed E-state index contributed by atoms with van der Waals surface area (Å²) in [4.78, 5) is 0. The van der Waals surface area contributed by atoms with Crippen molar-refractivity contribution < 1.29 is 0 Å². The van der Waals surface area contributed by atoms with Crippen LogP contribution in [-0.4, -0.2) is 0 Å². The van der Waals surface area contributed by atoms with Crippen LogP contribution in [0.1, 0.15) is 60.3 Å². The van der Waals surface area contributed by atoms with Crippen LogP contribution in [0.3, 0.4) is 0 Å². The summed E-state index contributed by atoms with van der Waals surface area (Å²) < 4.78 is 0. The highest BCUT2D eigenvalue weighted by Crippen LogP contribution is 2.19. The Kier molecular flexibility index (Phi) is 6.51. The summed E-state index contributed by atoms with van der Waals surface area (Å²) in [6, 6.07) is 0. The van der Waals surface area contributed by atoms with E-state index in [0.29, 0.717) is 0 Å². The zero-order valence-corrected chi connectivity index (χ0v) is 9.56. The molecule has 0 bridgehead atoms. The van der Waals surface area contributed by atoms with Crippen LogP contribution < -0.4 is 0 Å². The van der Waals surface area contributed by atoms with Crippen molar-refractivity contribution >= 4 is 0 Å². The van der Waals surface area contributed by atoms with Gasteiger partial charge in [-0.2, -0.15) is 0 Å². The maximum absolute atomic E-state index is 2.38. The van der Waals surface area contributed by atoms with Gasteiger partial charge in [0.2, 0.25) is 0 Å². The molecule has 0 saturated heterocycles. The van der Waals surface area contributed by atoms with E-state index in [1.165, 1.54) is 25.7 Å². The molecule has 0 fully saturated rings. The van der Waals surface area contributed by atoms with E-state index in [4.69, 9.17) is 0 Å². The molecule has 0 aliphatic heterocycles. The third-order valence-corrected chi connectivity index (χ3v) is 3.19. The zero-order valence-electron chi connectivity index (χ0n) is 9.56. The van der Waals surface area contributed by atoms with Crippen molar-refractivity contribution in [3.8, 4) is 0 Å². The molecule has 12 heavy (non-hydrogen) atoms. The fourth-order valence-electron chi connectivity index (χ4n) is 1.33. The second-order valence-electron chi connectivity index (χ2n) is 4.67. The molecular weight excluding hydrogens is 144 g/mol. The summed E-state index contributed by atoms with van der Waals surface area (Å²) in [7, 11) is 0. The van der Waals surface area contributed by atoms with Gasteiger partial charge < -0.3 is 0 Å². The molecule has 0 rings (SSSR count). The van der Waals surface area contributed by atoms with Gasteiger partial charge in [0.1, 0.15) is 0 Å². The normalized spacial score (nSPS) is 16.5. The first-order valence-corrected chi connectivity index (χ1v) is 5.57. The van der Waals surface area contributed by atoms with E-state index in [-0.39, 0.29) is 0 Å². The minimum Gasteiger partial charge on any atom is -0.0651 e. The highest BCUT2D eigenvalue weighted by molar-refractivity contribution is 4.59. The summed E-state index contributed by atoms with van der Waals surface area (Å²) in [6.07, 6.45) is 5.61. The van der Waals surface area contributed by atoms with E-state index in [1.807, 2.05) is 0 Å². The van der Waals surface area contributed by atoms with Crippen molar-refractivity contribution in [2.24, 2.45) is 17.8 Å². The topological polar surface area (TPSA) is 0 Å². The van der Waals surface area contributed by atoms with Gasteiger partial charge in [-0.3, -0.25) is 0 Å². The van der Waals surface area contributed by atoms with E-state index < -0.39 is 0 Å². The van der Waals surface area contributed by atoms with E-state index in [0.717, 1.165) is 17.8 Å². The zero-order chi connectivity index (χ0) is 9.56. The van der Waals surface area contributed by atoms with Gasteiger partial charge in [-0.1, -0.05) is 60.3 Å². The second-order valence-corrected chi connectivity index (χ2v) is 4.67. The number of rotatable bonds is 6. The highest BCUT2D eigenvalue weighted by Gasteiger charge is 2.07. The molecule has 2 unspecified atom stereocenters. The summed E-state index contributed by atoms with van der Waals surface area (Å²) in [5.74, 6) is 2.71. The largest absolute Gasteiger partial charge is 0.0651 e. The molecule has 0 radical (unpaired) electrons. The minimum atomic E-state index is 0.863. The molecule has 0 aliphatic rings. The monoisotopic (exact) mass is 170 g/mol. The Bertz CT molecular complexity index is 94.2. The molecule has 0 nitrogen and oxygen atoms in total. The Hall–Kier alpha value is 0. The molecule has 0 heterocycles. The first kappa shape index (κ1) is 12.0. The fourth-order valence-corrected chi connectivity index (χ4v) is 1.33. The van der Waals surface area contributed by atoms with Crippen molar-refractivity contribution in [3.63, 3.8) is 0 Å². The molecule has 0 aromatic carbocycles. The molecule has 0 aromatic heterocycles. The standard InChI is InChI=1S/C12H26/c1-6-11(4)8-7-9-12(5)10(2)3/h10-12H,6-9H2,1-5H3. The average Bonchev–Trinajstić information content (AvgIpc) is 2.03. The van der Waals surface area contributed by atoms with Crippen molar-refractivity contribution in [1.82, 2.24) is 0 Å². The fraction of sp³-hybridized carbons (Fsp3) is 1.00. The van der Waals surface area contributed by atoms with Gasteiger partial charge in [0, 0.05) is 0 Å². The van der Waals surface area contributed by atoms with E-state index >= 15 is 0 Å². The van der Waals surface area contributed by atoms with Crippen molar-refractivity contribution in [1.29, 1.82) is 0 Å². The van der Waals surface area contributed by atoms with Crippen molar-refractivity contribution in [2.45, 2.75) is 60.3 Å². The first-order chi connectivity index (χ1) is 5.57. The Balaban J connectivity index is 3.30. The van der Waals surface area contributed by atoms with E-state index in [9.17, 15) is 0 Å². The molecule has 0 spiro atoms. The van der Waals surface area contributed by atoms with Crippen LogP contribution in [0.5, 0.6) is 0 Å². The third-order valence-electron chi connectivity index (χ3n) is 3.19. The van der Waals surface area contributed by atoms with Crippen LogP contribution in [0.15, 0.2) is 0 Å². The molecule has 74 valence electrons. The molecule has 0 amide bonds. The Morgan fingerprint density at radius 3 is 1.92 bits per heavy atom. The molecule has 2 atom stereocenters. The van der Waals surface area contributed by atoms with Crippen molar-refractivity contribution in [2.75, 3.05) is 0 Å². The lowest BCUT2D eigenvalue weighted by molar-refractivity contribution is 0.359. The summed E-state index contributed by atoms with van der Waals surface area (Å²) in [5.41, 5.74) is 0. The lowest BCUT2D eigenvalue weighted by Gasteiger charge is -2.16. The third kappa shape index (κ3) is 5.62. The number of hydrogen-bond acceptors (Lipinski definition) is 0. The average molecular weight is 170 g/mol. The van der Waals surface area contributed by atoms with Gasteiger partial charge in [-0.15, -0.1) is 0 Å². The van der Waals surface area contributed by atoms with Crippen LogP contribution >= 0.6 is 0 Å². The van der Waals surface area contributed by atoms with Gasteiger partial charge in [-0.05, 0) is 17.8 Å². The van der Waals surface area contributed by atoms with E-state index in [2.05, 4.69) is 34.6 Å². The molecular formula is C12H26. The number of hydrogen-bond donors (Lipinski definition) is 0. The predicted octanol–water partition coefficient (Wildman–Crippen LogP) is 4.49. The quantitative estimate of drug-likeness (QED) is 0.551. The smallest absolute Gasteiger partial charge is 0.0420 e. The van der Waals surface area contributed by atoms with Crippen LogP contribution in [-0.2, 0) is 0 Å². The SMILES string of the molecule is CCC(C)CCCC(C)C(C)C.